The van der Waals surface area contributed by atoms with Crippen LogP contribution in [0.3, 0.4) is 0 Å². The van der Waals surface area contributed by atoms with Gasteiger partial charge in [-0.3, -0.25) is 0 Å². The number of primary amides is 1. The van der Waals surface area contributed by atoms with Crippen LogP contribution < -0.4 is 5.73 Å². The Bertz CT molecular complexity index is 1050. The van der Waals surface area contributed by atoms with E-state index in [-0.39, 0.29) is 58.1 Å². The Balaban J connectivity index is 0.00000512. The second kappa shape index (κ2) is 11.2. The summed E-state index contributed by atoms with van der Waals surface area (Å²) < 4.78 is 31.0. The minimum Gasteiger partial charge on any atom is -0.334 e. The number of rotatable bonds is 7. The minimum atomic E-state index is -4.38. The van der Waals surface area contributed by atoms with Gasteiger partial charge >= 0.3 is 16.2 Å². The molecule has 0 aromatic heterocycles. The first-order chi connectivity index (χ1) is 14.3. The number of amides is 1. The first-order valence-corrected chi connectivity index (χ1v) is 12.2. The van der Waals surface area contributed by atoms with Gasteiger partial charge in [0.25, 0.3) is 0 Å². The summed E-state index contributed by atoms with van der Waals surface area (Å²) in [5, 5.41) is 0. The fraction of sp³-hybridized carbons (Fsp3) is 0.480. The zero-order valence-corrected chi connectivity index (χ0v) is 23.6. The molecule has 1 radical (unpaired) electrons. The molecule has 0 spiro atoms. The van der Waals surface area contributed by atoms with Crippen molar-refractivity contribution in [3.63, 3.8) is 0 Å². The maximum Gasteiger partial charge on any atom is 0.420 e. The predicted octanol–water partition coefficient (Wildman–Crippen LogP) is 6.25. The molecule has 0 saturated heterocycles. The molecule has 2 N–H and O–H groups in total. The van der Waals surface area contributed by atoms with E-state index in [4.69, 9.17) is 5.73 Å². The minimum absolute atomic E-state index is 0. The van der Waals surface area contributed by atoms with Crippen LogP contribution in [0.2, 0.25) is 0 Å². The van der Waals surface area contributed by atoms with Crippen molar-refractivity contribution in [2.24, 2.45) is 5.73 Å². The molecule has 5 nitrogen and oxygen atoms in total. The van der Waals surface area contributed by atoms with Crippen LogP contribution in [0.25, 0.3) is 11.1 Å². The van der Waals surface area contributed by atoms with Crippen molar-refractivity contribution in [3.8, 4) is 11.1 Å². The van der Waals surface area contributed by atoms with Gasteiger partial charge in [0.15, 0.2) is 0 Å². The van der Waals surface area contributed by atoms with E-state index in [9.17, 15) is 13.2 Å². The van der Waals surface area contributed by atoms with Gasteiger partial charge in [0, 0.05) is 29.6 Å². The maximum atomic E-state index is 13.2. The number of nitrogens with two attached hydrogens (primary N) is 1. The Labute approximate surface area is 215 Å². The second-order valence-electron chi connectivity index (χ2n) is 9.23. The summed E-state index contributed by atoms with van der Waals surface area (Å²) in [6, 6.07) is 10.1. The average Bonchev–Trinajstić information content (AvgIpc) is 2.64. The number of benzene rings is 2. The van der Waals surface area contributed by atoms with Crippen LogP contribution in [0.15, 0.2) is 35.2 Å². The quantitative estimate of drug-likeness (QED) is 0.384. The molecule has 1 amide bonds. The molecule has 0 atom stereocenters. The molecule has 2 aromatic carbocycles. The molecule has 0 unspecified atom stereocenters. The molecule has 0 aliphatic heterocycles. The zero-order chi connectivity index (χ0) is 23.7. The van der Waals surface area contributed by atoms with Crippen LogP contribution in [0.4, 0.5) is 4.79 Å². The summed E-state index contributed by atoms with van der Waals surface area (Å²) in [6.07, 6.45) is -1.33. The standard InChI is InChI=1S/C25H35NO4S.Na/c1-14(2)18-10-9-11-19(15(3)4)23(18)21-13-12-20(16(5)6)24(22(21)17(7)8)31(28,29)30-25(26)27;/h9-17H,1-8H3,(H2,26,27);. The van der Waals surface area contributed by atoms with Crippen molar-refractivity contribution in [2.75, 3.05) is 0 Å². The predicted molar refractivity (Wildman–Crippen MR) is 132 cm³/mol. The van der Waals surface area contributed by atoms with Crippen LogP contribution in [0.1, 0.15) is 101 Å². The summed E-state index contributed by atoms with van der Waals surface area (Å²) in [5.41, 5.74) is 10.6. The van der Waals surface area contributed by atoms with Crippen molar-refractivity contribution in [1.29, 1.82) is 0 Å². The van der Waals surface area contributed by atoms with Gasteiger partial charge in [-0.25, -0.2) is 4.79 Å². The topological polar surface area (TPSA) is 86.5 Å². The van der Waals surface area contributed by atoms with E-state index in [0.29, 0.717) is 11.1 Å². The summed E-state index contributed by atoms with van der Waals surface area (Å²) in [4.78, 5) is 11.5. The summed E-state index contributed by atoms with van der Waals surface area (Å²) in [7, 11) is -4.38. The number of hydrogen-bond donors (Lipinski definition) is 1. The van der Waals surface area contributed by atoms with Crippen LogP contribution in [-0.4, -0.2) is 44.1 Å². The first kappa shape index (κ1) is 28.7. The summed E-state index contributed by atoms with van der Waals surface area (Å²) in [5.74, 6) is 0.286. The van der Waals surface area contributed by atoms with Gasteiger partial charge < -0.3 is 9.92 Å². The molecule has 32 heavy (non-hydrogen) atoms. The number of carbonyl (C=O) groups is 1. The van der Waals surface area contributed by atoms with Crippen LogP contribution in [-0.2, 0) is 14.3 Å². The van der Waals surface area contributed by atoms with Crippen LogP contribution in [0, 0.1) is 0 Å². The molecule has 0 aliphatic carbocycles. The summed E-state index contributed by atoms with van der Waals surface area (Å²) >= 11 is 0. The van der Waals surface area contributed by atoms with E-state index >= 15 is 0 Å². The Morgan fingerprint density at radius 1 is 0.781 bits per heavy atom. The zero-order valence-electron chi connectivity index (χ0n) is 20.8. The van der Waals surface area contributed by atoms with E-state index < -0.39 is 16.2 Å². The molecule has 2 rings (SSSR count). The fourth-order valence-electron chi connectivity index (χ4n) is 4.15. The third-order valence-corrected chi connectivity index (χ3v) is 6.85. The molecule has 0 bridgehead atoms. The van der Waals surface area contributed by atoms with Gasteiger partial charge in [0.05, 0.1) is 0 Å². The molecule has 171 valence electrons. The van der Waals surface area contributed by atoms with E-state index in [0.717, 1.165) is 22.3 Å². The molecule has 0 heterocycles. The van der Waals surface area contributed by atoms with Crippen molar-refractivity contribution in [2.45, 2.75) is 84.0 Å². The molecule has 0 aliphatic rings. The van der Waals surface area contributed by atoms with Crippen molar-refractivity contribution >= 4 is 45.8 Å². The van der Waals surface area contributed by atoms with E-state index in [2.05, 4.69) is 50.1 Å². The molecule has 7 heteroatoms. The monoisotopic (exact) mass is 468 g/mol. The Morgan fingerprint density at radius 3 is 1.62 bits per heavy atom. The van der Waals surface area contributed by atoms with Gasteiger partial charge in [-0.05, 0) is 57.1 Å². The van der Waals surface area contributed by atoms with Crippen LogP contribution in [0.5, 0.6) is 0 Å². The van der Waals surface area contributed by atoms with Gasteiger partial charge in [-0.2, -0.15) is 8.42 Å². The van der Waals surface area contributed by atoms with Gasteiger partial charge in [-0.1, -0.05) is 85.7 Å². The van der Waals surface area contributed by atoms with Crippen molar-refractivity contribution < 1.29 is 17.4 Å². The van der Waals surface area contributed by atoms with E-state index in [1.54, 1.807) is 0 Å². The second-order valence-corrected chi connectivity index (χ2v) is 10.7. The van der Waals surface area contributed by atoms with Gasteiger partial charge in [-0.15, -0.1) is 0 Å². The maximum absolute atomic E-state index is 13.2. The van der Waals surface area contributed by atoms with Gasteiger partial charge in [0.2, 0.25) is 0 Å². The normalized spacial score (nSPS) is 11.9. The van der Waals surface area contributed by atoms with E-state index in [1.165, 1.54) is 0 Å². The third kappa shape index (κ3) is 5.96. The first-order valence-electron chi connectivity index (χ1n) is 10.8. The van der Waals surface area contributed by atoms with Crippen LogP contribution >= 0.6 is 0 Å². The van der Waals surface area contributed by atoms with E-state index in [1.807, 2.05) is 39.8 Å². The SMILES string of the molecule is CC(C)c1cccc(C(C)C)c1-c1ccc(C(C)C)c(S(=O)(=O)OC(N)=O)c1C(C)C.[Na]. The molecule has 0 saturated carbocycles. The Kier molecular flexibility index (Phi) is 10.0. The largest absolute Gasteiger partial charge is 0.420 e. The molecule has 0 fully saturated rings. The number of hydrogen-bond acceptors (Lipinski definition) is 4. The smallest absolute Gasteiger partial charge is 0.334 e. The number of carbonyl (C=O) groups excluding carboxylic acids is 1. The average molecular weight is 469 g/mol. The Hall–Kier alpha value is -1.34. The van der Waals surface area contributed by atoms with Crippen molar-refractivity contribution in [1.82, 2.24) is 0 Å². The molecular weight excluding hydrogens is 433 g/mol. The van der Waals surface area contributed by atoms with Gasteiger partial charge in [0.1, 0.15) is 4.90 Å². The summed E-state index contributed by atoms with van der Waals surface area (Å²) in [6.45, 7) is 16.3. The molecule has 2 aromatic rings. The molecular formula is C25H35NNaO4S. The fourth-order valence-corrected chi connectivity index (χ4v) is 5.66. The third-order valence-electron chi connectivity index (χ3n) is 5.51. The van der Waals surface area contributed by atoms with Crippen molar-refractivity contribution in [3.05, 3.63) is 52.6 Å². The Morgan fingerprint density at radius 2 is 1.25 bits per heavy atom.